The molecule has 10 heteroatoms. The number of nitrogens with zero attached hydrogens (tertiary/aromatic N) is 3. The van der Waals surface area contributed by atoms with Crippen LogP contribution in [0.5, 0.6) is 0 Å². The summed E-state index contributed by atoms with van der Waals surface area (Å²) < 4.78 is 29.8. The van der Waals surface area contributed by atoms with Gasteiger partial charge in [-0.2, -0.15) is 5.10 Å². The largest absolute Gasteiger partial charge is 0.481 e. The van der Waals surface area contributed by atoms with Gasteiger partial charge in [0, 0.05) is 36.3 Å². The first kappa shape index (κ1) is 26.0. The van der Waals surface area contributed by atoms with Gasteiger partial charge < -0.3 is 10.4 Å². The molecule has 1 saturated heterocycles. The molecule has 3 heterocycles. The van der Waals surface area contributed by atoms with Crippen LogP contribution in [-0.4, -0.2) is 43.7 Å². The van der Waals surface area contributed by atoms with Gasteiger partial charge >= 0.3 is 5.97 Å². The molecule has 1 aliphatic heterocycles. The first-order valence-corrected chi connectivity index (χ1v) is 12.4. The van der Waals surface area contributed by atoms with Crippen LogP contribution >= 0.6 is 11.6 Å². The molecule has 3 aromatic rings. The maximum atomic E-state index is 15.4. The van der Waals surface area contributed by atoms with Crippen LogP contribution in [-0.2, 0) is 24.2 Å². The number of rotatable bonds is 8. The normalized spacial score (nSPS) is 20.4. The molecule has 4 rings (SSSR count). The Bertz CT molecular complexity index is 1270. The summed E-state index contributed by atoms with van der Waals surface area (Å²) in [6.07, 6.45) is 0.960. The molecule has 0 aliphatic carbocycles. The molecule has 2 aromatic heterocycles. The van der Waals surface area contributed by atoms with Gasteiger partial charge in [-0.15, -0.1) is 0 Å². The minimum absolute atomic E-state index is 0.0417. The van der Waals surface area contributed by atoms with Crippen LogP contribution in [0, 0.1) is 24.0 Å². The van der Waals surface area contributed by atoms with Gasteiger partial charge in [0.25, 0.3) is 0 Å². The number of carbonyl (C=O) groups is 1. The second-order valence-electron chi connectivity index (χ2n) is 9.59. The SMILES string of the molecule is CCc1cc(Nc2cc(C)[nH]n2)nc(C[C@@]2(C(=O)O)CCN(Cc3cccc(Cl)c3F)[C@H](C)C2)c1F. The molecule has 0 radical (unpaired) electrons. The molecule has 192 valence electrons. The Hall–Kier alpha value is -3.04. The fraction of sp³-hybridized carbons (Fsp3) is 0.423. The summed E-state index contributed by atoms with van der Waals surface area (Å²) in [6.45, 7) is 6.36. The fourth-order valence-corrected chi connectivity index (χ4v) is 5.14. The van der Waals surface area contributed by atoms with E-state index in [1.165, 1.54) is 6.07 Å². The van der Waals surface area contributed by atoms with Gasteiger partial charge in [-0.25, -0.2) is 13.8 Å². The number of aromatic nitrogens is 3. The van der Waals surface area contributed by atoms with Crippen LogP contribution < -0.4 is 5.32 Å². The number of carboxylic acids is 1. The lowest BCUT2D eigenvalue weighted by molar-refractivity contribution is -0.153. The number of benzene rings is 1. The summed E-state index contributed by atoms with van der Waals surface area (Å²) in [5.41, 5.74) is 0.706. The van der Waals surface area contributed by atoms with E-state index in [1.54, 1.807) is 24.3 Å². The van der Waals surface area contributed by atoms with Crippen LogP contribution in [0.1, 0.15) is 49.2 Å². The van der Waals surface area contributed by atoms with Gasteiger partial charge in [-0.3, -0.25) is 14.8 Å². The number of halogens is 3. The van der Waals surface area contributed by atoms with E-state index in [4.69, 9.17) is 11.6 Å². The van der Waals surface area contributed by atoms with Crippen molar-refractivity contribution < 1.29 is 18.7 Å². The second-order valence-corrected chi connectivity index (χ2v) is 10.00. The highest BCUT2D eigenvalue weighted by Gasteiger charge is 2.45. The maximum Gasteiger partial charge on any atom is 0.310 e. The van der Waals surface area contributed by atoms with E-state index >= 15 is 4.39 Å². The monoisotopic (exact) mass is 517 g/mol. The van der Waals surface area contributed by atoms with Crippen LogP contribution in [0.3, 0.4) is 0 Å². The molecular weight excluding hydrogens is 488 g/mol. The first-order chi connectivity index (χ1) is 17.1. The van der Waals surface area contributed by atoms with Crippen molar-refractivity contribution >= 4 is 29.2 Å². The average molecular weight is 518 g/mol. The third kappa shape index (κ3) is 5.37. The van der Waals surface area contributed by atoms with Crippen molar-refractivity contribution in [2.75, 3.05) is 11.9 Å². The van der Waals surface area contributed by atoms with E-state index in [1.807, 2.05) is 25.7 Å². The molecule has 0 amide bonds. The highest BCUT2D eigenvalue weighted by molar-refractivity contribution is 6.30. The lowest BCUT2D eigenvalue weighted by Gasteiger charge is -2.43. The van der Waals surface area contributed by atoms with Gasteiger partial charge in [0.15, 0.2) is 5.82 Å². The topological polar surface area (TPSA) is 94.1 Å². The molecule has 3 N–H and O–H groups in total. The number of hydrogen-bond acceptors (Lipinski definition) is 5. The summed E-state index contributed by atoms with van der Waals surface area (Å²) in [4.78, 5) is 19.1. The van der Waals surface area contributed by atoms with Crippen molar-refractivity contribution in [2.45, 2.75) is 59.0 Å². The molecular formula is C26H30ClF2N5O2. The highest BCUT2D eigenvalue weighted by Crippen LogP contribution is 2.40. The number of likely N-dealkylation sites (tertiary alicyclic amines) is 1. The van der Waals surface area contributed by atoms with Gasteiger partial charge in [0.1, 0.15) is 17.5 Å². The van der Waals surface area contributed by atoms with Gasteiger partial charge in [0.05, 0.1) is 16.1 Å². The number of hydrogen-bond donors (Lipinski definition) is 3. The van der Waals surface area contributed by atoms with Crippen molar-refractivity contribution in [3.63, 3.8) is 0 Å². The quantitative estimate of drug-likeness (QED) is 0.357. The number of pyridine rings is 1. The molecule has 0 saturated carbocycles. The summed E-state index contributed by atoms with van der Waals surface area (Å²) >= 11 is 5.93. The third-order valence-electron chi connectivity index (χ3n) is 7.00. The summed E-state index contributed by atoms with van der Waals surface area (Å²) in [5, 5.41) is 20.4. The first-order valence-electron chi connectivity index (χ1n) is 12.0. The number of anilines is 2. The molecule has 1 aliphatic rings. The predicted molar refractivity (Wildman–Crippen MR) is 134 cm³/mol. The Morgan fingerprint density at radius 1 is 1.28 bits per heavy atom. The van der Waals surface area contributed by atoms with Crippen molar-refractivity contribution in [1.82, 2.24) is 20.1 Å². The predicted octanol–water partition coefficient (Wildman–Crippen LogP) is 5.65. The number of nitrogens with one attached hydrogen (secondary N) is 2. The minimum Gasteiger partial charge on any atom is -0.481 e. The fourth-order valence-electron chi connectivity index (χ4n) is 4.94. The Balaban J connectivity index is 1.57. The van der Waals surface area contributed by atoms with Gasteiger partial charge in [-0.1, -0.05) is 30.7 Å². The molecule has 0 spiro atoms. The van der Waals surface area contributed by atoms with E-state index in [-0.39, 0.29) is 36.0 Å². The lowest BCUT2D eigenvalue weighted by atomic mass is 9.72. The zero-order valence-electron chi connectivity index (χ0n) is 20.5. The number of aliphatic carboxylic acids is 1. The average Bonchev–Trinajstić information content (AvgIpc) is 3.24. The van der Waals surface area contributed by atoms with Crippen LogP contribution in [0.4, 0.5) is 20.4 Å². The highest BCUT2D eigenvalue weighted by atomic mass is 35.5. The van der Waals surface area contributed by atoms with Gasteiger partial charge in [0.2, 0.25) is 0 Å². The van der Waals surface area contributed by atoms with E-state index < -0.39 is 23.0 Å². The van der Waals surface area contributed by atoms with Crippen LogP contribution in [0.25, 0.3) is 0 Å². The van der Waals surface area contributed by atoms with Crippen molar-refractivity contribution in [3.8, 4) is 0 Å². The zero-order chi connectivity index (χ0) is 26.0. The van der Waals surface area contributed by atoms with Crippen molar-refractivity contribution in [2.24, 2.45) is 5.41 Å². The van der Waals surface area contributed by atoms with E-state index in [0.29, 0.717) is 42.3 Å². The van der Waals surface area contributed by atoms with Crippen LogP contribution in [0.15, 0.2) is 30.3 Å². The standard InChI is InChI=1S/C26H30ClF2N5O2/c1-4-17-11-21(31-22-10-15(2)32-33-22)30-20(24(17)29)13-26(25(35)36)8-9-34(16(3)12-26)14-18-6-5-7-19(27)23(18)28/h5-7,10-11,16H,4,8-9,12-14H2,1-3H3,(H,35,36)(H2,30,31,32,33)/t16-,26-/m1/s1. The number of carboxylic acid groups (broad SMARTS) is 1. The number of piperidine rings is 1. The molecule has 0 bridgehead atoms. The molecule has 1 aromatic carbocycles. The van der Waals surface area contributed by atoms with E-state index in [9.17, 15) is 14.3 Å². The molecule has 7 nitrogen and oxygen atoms in total. The van der Waals surface area contributed by atoms with Crippen LogP contribution in [0.2, 0.25) is 5.02 Å². The van der Waals surface area contributed by atoms with E-state index in [2.05, 4.69) is 20.5 Å². The Morgan fingerprint density at radius 2 is 2.06 bits per heavy atom. The summed E-state index contributed by atoms with van der Waals surface area (Å²) in [5.74, 6) is -0.961. The Labute approximate surface area is 213 Å². The third-order valence-corrected chi connectivity index (χ3v) is 7.29. The second kappa shape index (κ2) is 10.5. The summed E-state index contributed by atoms with van der Waals surface area (Å²) in [7, 11) is 0. The number of aromatic amines is 1. The van der Waals surface area contributed by atoms with Crippen molar-refractivity contribution in [1.29, 1.82) is 0 Å². The Kier molecular flexibility index (Phi) is 7.61. The number of aryl methyl sites for hydroxylation is 2. The van der Waals surface area contributed by atoms with E-state index in [0.717, 1.165) is 5.69 Å². The smallest absolute Gasteiger partial charge is 0.310 e. The Morgan fingerprint density at radius 3 is 2.69 bits per heavy atom. The minimum atomic E-state index is -1.19. The number of H-pyrrole nitrogens is 1. The lowest BCUT2D eigenvalue weighted by Crippen LogP contribution is -2.50. The van der Waals surface area contributed by atoms with Gasteiger partial charge in [-0.05, 0) is 57.4 Å². The summed E-state index contributed by atoms with van der Waals surface area (Å²) in [6, 6.07) is 8.13. The van der Waals surface area contributed by atoms with Crippen molar-refractivity contribution in [3.05, 3.63) is 69.5 Å². The molecule has 36 heavy (non-hydrogen) atoms. The zero-order valence-corrected chi connectivity index (χ0v) is 21.3. The molecule has 1 fully saturated rings. The maximum absolute atomic E-state index is 15.4. The molecule has 2 atom stereocenters. The molecule has 0 unspecified atom stereocenters.